The molecular weight excluding hydrogens is 319 g/mol. The van der Waals surface area contributed by atoms with Gasteiger partial charge in [-0.25, -0.2) is 14.4 Å². The van der Waals surface area contributed by atoms with Crippen LogP contribution >= 0.6 is 0 Å². The Labute approximate surface area is 145 Å². The highest BCUT2D eigenvalue weighted by molar-refractivity contribution is 5.58. The second-order valence-electron chi connectivity index (χ2n) is 6.43. The monoisotopic (exact) mass is 338 g/mol. The largest absolute Gasteiger partial charge is 0.359 e. The van der Waals surface area contributed by atoms with Crippen molar-refractivity contribution in [2.24, 2.45) is 0 Å². The first kappa shape index (κ1) is 15.7. The molecule has 0 aliphatic heterocycles. The first-order valence-electron chi connectivity index (χ1n) is 8.48. The first-order valence-corrected chi connectivity index (χ1v) is 8.48. The molecule has 25 heavy (non-hydrogen) atoms. The highest BCUT2D eigenvalue weighted by Crippen LogP contribution is 2.35. The normalized spacial score (nSPS) is 14.3. The molecule has 0 spiro atoms. The van der Waals surface area contributed by atoms with Crippen molar-refractivity contribution >= 4 is 5.95 Å². The predicted molar refractivity (Wildman–Crippen MR) is 92.6 cm³/mol. The second kappa shape index (κ2) is 6.63. The lowest BCUT2D eigenvalue weighted by Gasteiger charge is -2.25. The molecule has 2 heterocycles. The minimum absolute atomic E-state index is 0.295. The molecule has 0 saturated heterocycles. The Hall–Kier alpha value is -2.76. The molecule has 6 heteroatoms. The Morgan fingerprint density at radius 3 is 2.84 bits per heavy atom. The Morgan fingerprint density at radius 1 is 1.20 bits per heavy atom. The van der Waals surface area contributed by atoms with E-state index in [1.807, 2.05) is 6.92 Å². The van der Waals surface area contributed by atoms with Gasteiger partial charge in [-0.2, -0.15) is 0 Å². The summed E-state index contributed by atoms with van der Waals surface area (Å²) >= 11 is 0. The van der Waals surface area contributed by atoms with E-state index in [9.17, 15) is 4.39 Å². The predicted octanol–water partition coefficient (Wildman–Crippen LogP) is 4.46. The zero-order valence-corrected chi connectivity index (χ0v) is 14.0. The van der Waals surface area contributed by atoms with E-state index in [4.69, 9.17) is 4.52 Å². The van der Waals surface area contributed by atoms with Gasteiger partial charge in [0, 0.05) is 28.9 Å². The fraction of sp³-hybridized carbons (Fsp3) is 0.316. The van der Waals surface area contributed by atoms with E-state index in [-0.39, 0.29) is 5.82 Å². The number of hydrogen-bond acceptors (Lipinski definition) is 5. The van der Waals surface area contributed by atoms with Crippen LogP contribution in [-0.2, 0) is 6.54 Å². The fourth-order valence-corrected chi connectivity index (χ4v) is 2.93. The lowest BCUT2D eigenvalue weighted by atomic mass is 9.83. The third kappa shape index (κ3) is 3.52. The van der Waals surface area contributed by atoms with Crippen molar-refractivity contribution in [3.05, 3.63) is 59.4 Å². The maximum atomic E-state index is 13.3. The standard InChI is InChI=1S/C19H19FN4O/c1-12-8-17(13-4-2-5-13)23-19(22-12)21-11-16-10-18(24-25-16)14-6-3-7-15(20)9-14/h3,6-10,13H,2,4-5,11H2,1H3,(H,21,22,23). The Morgan fingerprint density at radius 2 is 2.08 bits per heavy atom. The SMILES string of the molecule is Cc1cc(C2CCC2)nc(NCc2cc(-c3cccc(F)c3)no2)n1. The van der Waals surface area contributed by atoms with Crippen molar-refractivity contribution in [2.45, 2.75) is 38.6 Å². The summed E-state index contributed by atoms with van der Waals surface area (Å²) in [4.78, 5) is 9.05. The zero-order valence-electron chi connectivity index (χ0n) is 14.0. The van der Waals surface area contributed by atoms with E-state index < -0.39 is 0 Å². The number of nitrogens with zero attached hydrogens (tertiary/aromatic N) is 3. The van der Waals surface area contributed by atoms with E-state index in [1.165, 1.54) is 31.4 Å². The van der Waals surface area contributed by atoms with Crippen LogP contribution < -0.4 is 5.32 Å². The second-order valence-corrected chi connectivity index (χ2v) is 6.43. The molecule has 5 nitrogen and oxygen atoms in total. The molecule has 4 rings (SSSR count). The van der Waals surface area contributed by atoms with Crippen LogP contribution in [0.5, 0.6) is 0 Å². The van der Waals surface area contributed by atoms with Crippen LogP contribution in [0.25, 0.3) is 11.3 Å². The molecule has 1 aliphatic carbocycles. The fourth-order valence-electron chi connectivity index (χ4n) is 2.93. The van der Waals surface area contributed by atoms with Gasteiger partial charge in [-0.15, -0.1) is 0 Å². The number of benzene rings is 1. The third-order valence-electron chi connectivity index (χ3n) is 4.50. The van der Waals surface area contributed by atoms with E-state index in [1.54, 1.807) is 18.2 Å². The molecule has 1 aliphatic rings. The molecule has 0 unspecified atom stereocenters. The number of aromatic nitrogens is 3. The van der Waals surface area contributed by atoms with Crippen LogP contribution in [-0.4, -0.2) is 15.1 Å². The van der Waals surface area contributed by atoms with Gasteiger partial charge >= 0.3 is 0 Å². The first-order chi connectivity index (χ1) is 12.2. The number of halogens is 1. The van der Waals surface area contributed by atoms with Crippen molar-refractivity contribution in [2.75, 3.05) is 5.32 Å². The van der Waals surface area contributed by atoms with Crippen LogP contribution in [0, 0.1) is 12.7 Å². The summed E-state index contributed by atoms with van der Waals surface area (Å²) in [5.74, 6) is 1.52. The van der Waals surface area contributed by atoms with Crippen LogP contribution in [0.2, 0.25) is 0 Å². The summed E-state index contributed by atoms with van der Waals surface area (Å²) in [6.45, 7) is 2.40. The molecule has 1 saturated carbocycles. The van der Waals surface area contributed by atoms with Gasteiger partial charge in [0.25, 0.3) is 0 Å². The number of rotatable bonds is 5. The molecule has 0 amide bonds. The van der Waals surface area contributed by atoms with Crippen molar-refractivity contribution in [3.63, 3.8) is 0 Å². The van der Waals surface area contributed by atoms with Gasteiger partial charge in [0.05, 0.1) is 6.54 Å². The lowest BCUT2D eigenvalue weighted by molar-refractivity contribution is 0.389. The van der Waals surface area contributed by atoms with E-state index in [0.717, 1.165) is 11.4 Å². The molecule has 1 N–H and O–H groups in total. The summed E-state index contributed by atoms with van der Waals surface area (Å²) in [7, 11) is 0. The van der Waals surface area contributed by atoms with Gasteiger partial charge in [0.15, 0.2) is 5.76 Å². The molecule has 1 fully saturated rings. The average Bonchev–Trinajstić information content (AvgIpc) is 3.00. The maximum Gasteiger partial charge on any atom is 0.223 e. The van der Waals surface area contributed by atoms with Crippen molar-refractivity contribution in [3.8, 4) is 11.3 Å². The minimum Gasteiger partial charge on any atom is -0.359 e. The van der Waals surface area contributed by atoms with Gasteiger partial charge in [-0.1, -0.05) is 23.7 Å². The molecule has 0 atom stereocenters. The van der Waals surface area contributed by atoms with Crippen LogP contribution in [0.1, 0.15) is 42.3 Å². The zero-order chi connectivity index (χ0) is 17.2. The topological polar surface area (TPSA) is 63.8 Å². The number of anilines is 1. The lowest BCUT2D eigenvalue weighted by Crippen LogP contribution is -2.13. The van der Waals surface area contributed by atoms with Gasteiger partial charge < -0.3 is 9.84 Å². The van der Waals surface area contributed by atoms with Crippen LogP contribution in [0.4, 0.5) is 10.3 Å². The van der Waals surface area contributed by atoms with Gasteiger partial charge in [0.1, 0.15) is 11.5 Å². The highest BCUT2D eigenvalue weighted by Gasteiger charge is 2.21. The molecular formula is C19H19FN4O. The molecule has 0 radical (unpaired) electrons. The van der Waals surface area contributed by atoms with Crippen LogP contribution in [0.15, 0.2) is 40.9 Å². The quantitative estimate of drug-likeness (QED) is 0.744. The Bertz CT molecular complexity index is 889. The third-order valence-corrected chi connectivity index (χ3v) is 4.50. The van der Waals surface area contributed by atoms with Crippen molar-refractivity contribution < 1.29 is 8.91 Å². The average molecular weight is 338 g/mol. The highest BCUT2D eigenvalue weighted by atomic mass is 19.1. The van der Waals surface area contributed by atoms with Crippen molar-refractivity contribution in [1.29, 1.82) is 0 Å². The smallest absolute Gasteiger partial charge is 0.223 e. The summed E-state index contributed by atoms with van der Waals surface area (Å²) < 4.78 is 18.6. The minimum atomic E-state index is -0.295. The summed E-state index contributed by atoms with van der Waals surface area (Å²) in [6.07, 6.45) is 3.68. The van der Waals surface area contributed by atoms with E-state index >= 15 is 0 Å². The number of nitrogens with one attached hydrogen (secondary N) is 1. The van der Waals surface area contributed by atoms with Gasteiger partial charge in [-0.05, 0) is 38.0 Å². The number of hydrogen-bond donors (Lipinski definition) is 1. The molecule has 128 valence electrons. The molecule has 0 bridgehead atoms. The van der Waals surface area contributed by atoms with E-state index in [0.29, 0.717) is 35.4 Å². The van der Waals surface area contributed by atoms with Gasteiger partial charge in [0.2, 0.25) is 5.95 Å². The molecule has 1 aromatic carbocycles. The maximum absolute atomic E-state index is 13.3. The number of aryl methyl sites for hydroxylation is 1. The molecule has 3 aromatic rings. The van der Waals surface area contributed by atoms with E-state index in [2.05, 4.69) is 26.5 Å². The Kier molecular flexibility index (Phi) is 4.17. The van der Waals surface area contributed by atoms with Crippen LogP contribution in [0.3, 0.4) is 0 Å². The summed E-state index contributed by atoms with van der Waals surface area (Å²) in [5.41, 5.74) is 3.36. The van der Waals surface area contributed by atoms with Gasteiger partial charge in [-0.3, -0.25) is 0 Å². The Balaban J connectivity index is 1.46. The van der Waals surface area contributed by atoms with Crippen molar-refractivity contribution in [1.82, 2.24) is 15.1 Å². The summed E-state index contributed by atoms with van der Waals surface area (Å²) in [6, 6.07) is 10.1. The summed E-state index contributed by atoms with van der Waals surface area (Å²) in [5, 5.41) is 7.19. The molecule has 2 aromatic heterocycles.